The van der Waals surface area contributed by atoms with Crippen LogP contribution in [-0.4, -0.2) is 82.4 Å². The second-order valence-electron chi connectivity index (χ2n) is 12.0. The Morgan fingerprint density at radius 1 is 0.370 bits per heavy atom. The molecule has 2 aliphatic carbocycles. The molecule has 2 aliphatic rings. The summed E-state index contributed by atoms with van der Waals surface area (Å²) in [5.41, 5.74) is -17.9. The number of carbonyl (C=O) groups is 2. The van der Waals surface area contributed by atoms with Gasteiger partial charge in [-0.1, -0.05) is 12.1 Å². The monoisotopic (exact) mass is 828 g/mol. The van der Waals surface area contributed by atoms with E-state index < -0.39 is 105 Å². The molecule has 0 saturated heterocycles. The van der Waals surface area contributed by atoms with Crippen molar-refractivity contribution in [2.45, 2.75) is 84.4 Å². The maximum Gasteiger partial charge on any atom is 0.384 e. The number of anilines is 2. The van der Waals surface area contributed by atoms with E-state index in [4.69, 9.17) is 0 Å². The molecule has 0 heterocycles. The molecule has 0 radical (unpaired) electrons. The zero-order chi connectivity index (χ0) is 42.3. The maximum atomic E-state index is 15.1. The van der Waals surface area contributed by atoms with E-state index in [-0.39, 0.29) is 11.1 Å². The minimum atomic E-state index is -7.60. The van der Waals surface area contributed by atoms with Crippen LogP contribution in [0.4, 0.5) is 108 Å². The van der Waals surface area contributed by atoms with Crippen LogP contribution in [0.25, 0.3) is 11.1 Å². The van der Waals surface area contributed by atoms with Gasteiger partial charge in [0.15, 0.2) is 0 Å². The minimum absolute atomic E-state index is 0.249. The highest BCUT2D eigenvalue weighted by atomic mass is 19.4. The Hall–Kier alpha value is -4.16. The van der Waals surface area contributed by atoms with E-state index >= 15 is 8.78 Å². The quantitative estimate of drug-likeness (QED) is 0.295. The van der Waals surface area contributed by atoms with Gasteiger partial charge in [0.05, 0.1) is 0 Å². The van der Waals surface area contributed by atoms with Crippen LogP contribution in [0.1, 0.15) is 11.1 Å². The van der Waals surface area contributed by atoms with Gasteiger partial charge >= 0.3 is 70.6 Å². The molecule has 4 rings (SSSR count). The third-order valence-electron chi connectivity index (χ3n) is 8.79. The van der Waals surface area contributed by atoms with E-state index in [9.17, 15) is 97.4 Å². The summed E-state index contributed by atoms with van der Waals surface area (Å²) < 4.78 is 308. The fourth-order valence-corrected chi connectivity index (χ4v) is 5.40. The Kier molecular flexibility index (Phi) is 8.84. The van der Waals surface area contributed by atoms with E-state index in [1.165, 1.54) is 0 Å². The van der Waals surface area contributed by atoms with Crippen molar-refractivity contribution in [2.75, 3.05) is 10.6 Å². The number of aryl methyl sites for hydroxylation is 2. The Balaban J connectivity index is 1.66. The van der Waals surface area contributed by atoms with Crippen LogP contribution in [0.15, 0.2) is 36.4 Å². The lowest BCUT2D eigenvalue weighted by Crippen LogP contribution is -2.86. The summed E-state index contributed by atoms with van der Waals surface area (Å²) in [7, 11) is 0. The zero-order valence-electron chi connectivity index (χ0n) is 25.6. The van der Waals surface area contributed by atoms with Crippen molar-refractivity contribution in [1.29, 1.82) is 0 Å². The lowest BCUT2D eigenvalue weighted by molar-refractivity contribution is -0.475. The lowest BCUT2D eigenvalue weighted by Gasteiger charge is -2.51. The number of amides is 2. The van der Waals surface area contributed by atoms with E-state index in [2.05, 4.69) is 0 Å². The van der Waals surface area contributed by atoms with Crippen molar-refractivity contribution in [3.63, 3.8) is 0 Å². The van der Waals surface area contributed by atoms with Gasteiger partial charge in [0.1, 0.15) is 0 Å². The summed E-state index contributed by atoms with van der Waals surface area (Å²) in [4.78, 5) is 24.5. The molecule has 26 heteroatoms. The molecule has 0 aliphatic heterocycles. The molecule has 2 fully saturated rings. The number of alkyl halides is 22. The van der Waals surface area contributed by atoms with Gasteiger partial charge in [-0.3, -0.25) is 9.59 Å². The van der Waals surface area contributed by atoms with Gasteiger partial charge in [0.25, 0.3) is 11.8 Å². The van der Waals surface area contributed by atoms with E-state index in [0.717, 1.165) is 36.6 Å². The Morgan fingerprint density at radius 2 is 0.574 bits per heavy atom. The van der Waals surface area contributed by atoms with Crippen molar-refractivity contribution in [2.24, 2.45) is 0 Å². The standard InChI is InChI=1S/C28H14F22N2O2/c1-9-7-11(3-5-13(9)51-15(53)17(29)19(31,32)23(39,40)27(47,48)24(41,42)20(17,33)34)12-4-6-14(10(2)8-12)52-16(54)18(30)21(35,36)25(43,44)28(49,50)26(45,46)22(18,37)38/h3-8H,1-2H3,(H,51,53)(H,52,54). The number of benzene rings is 2. The van der Waals surface area contributed by atoms with Crippen molar-refractivity contribution in [3.8, 4) is 11.1 Å². The summed E-state index contributed by atoms with van der Waals surface area (Å²) >= 11 is 0. The fraction of sp³-hybridized carbons (Fsp3) is 0.500. The summed E-state index contributed by atoms with van der Waals surface area (Å²) in [6, 6.07) is 3.81. The first-order valence-corrected chi connectivity index (χ1v) is 13.8. The highest BCUT2D eigenvalue weighted by Crippen LogP contribution is 2.71. The summed E-state index contributed by atoms with van der Waals surface area (Å²) in [5, 5.41) is 1.75. The number of nitrogens with one attached hydrogen (secondary N) is 2. The van der Waals surface area contributed by atoms with E-state index in [1.54, 1.807) is 0 Å². The fourth-order valence-electron chi connectivity index (χ4n) is 5.40. The van der Waals surface area contributed by atoms with Crippen LogP contribution in [-0.2, 0) is 9.59 Å². The second kappa shape index (κ2) is 11.2. The highest BCUT2D eigenvalue weighted by molar-refractivity contribution is 6.01. The van der Waals surface area contributed by atoms with Crippen molar-refractivity contribution in [1.82, 2.24) is 0 Å². The van der Waals surface area contributed by atoms with Crippen LogP contribution in [0.2, 0.25) is 0 Å². The molecule has 4 nitrogen and oxygen atoms in total. The molecule has 0 bridgehead atoms. The molecule has 54 heavy (non-hydrogen) atoms. The molecule has 302 valence electrons. The first-order chi connectivity index (χ1) is 23.8. The van der Waals surface area contributed by atoms with Gasteiger partial charge in [-0.2, -0.15) is 87.8 Å². The van der Waals surface area contributed by atoms with Gasteiger partial charge < -0.3 is 10.6 Å². The predicted molar refractivity (Wildman–Crippen MR) is 136 cm³/mol. The SMILES string of the molecule is Cc1cc(-c2ccc(NC(=O)C3(F)C(F)(F)C(F)(F)C(F)(F)C(F)(F)C3(F)F)c(C)c2)ccc1NC(=O)C1(F)C(F)(F)C(F)(F)C(F)(F)C(F)(F)C1(F)F. The Bertz CT molecular complexity index is 1710. The number of hydrogen-bond donors (Lipinski definition) is 2. The van der Waals surface area contributed by atoms with Crippen LogP contribution >= 0.6 is 0 Å². The molecule has 2 N–H and O–H groups in total. The molecule has 2 amide bonds. The Morgan fingerprint density at radius 3 is 0.778 bits per heavy atom. The lowest BCUT2D eigenvalue weighted by atomic mass is 9.71. The van der Waals surface area contributed by atoms with Gasteiger partial charge in [-0.05, 0) is 60.4 Å². The smallest absolute Gasteiger partial charge is 0.323 e. The molecular formula is C28H14F22N2O2. The van der Waals surface area contributed by atoms with Gasteiger partial charge in [-0.15, -0.1) is 0 Å². The number of hydrogen-bond acceptors (Lipinski definition) is 2. The van der Waals surface area contributed by atoms with Gasteiger partial charge in [-0.25, -0.2) is 8.78 Å². The molecule has 0 aromatic heterocycles. The van der Waals surface area contributed by atoms with Crippen molar-refractivity contribution in [3.05, 3.63) is 47.5 Å². The average Bonchev–Trinajstić information content (AvgIpc) is 3.03. The molecule has 0 atom stereocenters. The molecule has 2 saturated carbocycles. The number of halogens is 22. The summed E-state index contributed by atoms with van der Waals surface area (Å²) in [5.74, 6) is -82.9. The minimum Gasteiger partial charge on any atom is -0.323 e. The van der Waals surface area contributed by atoms with Crippen LogP contribution in [0.5, 0.6) is 0 Å². The first kappa shape index (κ1) is 42.6. The highest BCUT2D eigenvalue weighted by Gasteiger charge is 3.04. The average molecular weight is 828 g/mol. The normalized spacial score (nSPS) is 26.6. The van der Waals surface area contributed by atoms with Crippen molar-refractivity contribution >= 4 is 23.2 Å². The molecule has 2 aromatic carbocycles. The third kappa shape index (κ3) is 4.43. The van der Waals surface area contributed by atoms with Gasteiger partial charge in [0.2, 0.25) is 0 Å². The summed E-state index contributed by atoms with van der Waals surface area (Å²) in [6.07, 6.45) is 0. The van der Waals surface area contributed by atoms with E-state index in [1.807, 2.05) is 0 Å². The van der Waals surface area contributed by atoms with Gasteiger partial charge in [0, 0.05) is 11.4 Å². The predicted octanol–water partition coefficient (Wildman–Crippen LogP) is 9.64. The largest absolute Gasteiger partial charge is 0.384 e. The molecule has 0 spiro atoms. The number of rotatable bonds is 5. The Labute approximate surface area is 283 Å². The third-order valence-corrected chi connectivity index (χ3v) is 8.79. The van der Waals surface area contributed by atoms with E-state index in [0.29, 0.717) is 24.3 Å². The van der Waals surface area contributed by atoms with Crippen molar-refractivity contribution < 1.29 is 106 Å². The molecular weight excluding hydrogens is 814 g/mol. The maximum absolute atomic E-state index is 15.1. The molecule has 2 aromatic rings. The number of carbonyl (C=O) groups excluding carboxylic acids is 2. The van der Waals surface area contributed by atoms with Crippen LogP contribution < -0.4 is 10.6 Å². The topological polar surface area (TPSA) is 58.2 Å². The first-order valence-electron chi connectivity index (χ1n) is 13.8. The van der Waals surface area contributed by atoms with Crippen LogP contribution in [0, 0.1) is 13.8 Å². The second-order valence-corrected chi connectivity index (χ2v) is 12.0. The zero-order valence-corrected chi connectivity index (χ0v) is 25.6. The summed E-state index contributed by atoms with van der Waals surface area (Å²) in [6.45, 7) is 1.61. The van der Waals surface area contributed by atoms with Crippen LogP contribution in [0.3, 0.4) is 0 Å². The molecule has 0 unspecified atom stereocenters.